The molecular formula is C9H15NO3S. The van der Waals surface area contributed by atoms with E-state index >= 15 is 0 Å². The number of hydrogen-bond donors (Lipinski definition) is 1. The summed E-state index contributed by atoms with van der Waals surface area (Å²) in [6, 6.07) is -0.586. The second-order valence-corrected chi connectivity index (χ2v) is 3.65. The summed E-state index contributed by atoms with van der Waals surface area (Å²) in [7, 11) is 1.29. The highest BCUT2D eigenvalue weighted by Crippen LogP contribution is 1.99. The van der Waals surface area contributed by atoms with Crippen LogP contribution in [0, 0.1) is 0 Å². The lowest BCUT2D eigenvalue weighted by Gasteiger charge is -2.10. The molecule has 5 heteroatoms. The Balaban J connectivity index is 3.70. The molecule has 80 valence electrons. The first-order valence-electron chi connectivity index (χ1n) is 4.17. The summed E-state index contributed by atoms with van der Waals surface area (Å²) < 4.78 is 4.46. The molecule has 0 aliphatic rings. The zero-order chi connectivity index (χ0) is 11.0. The van der Waals surface area contributed by atoms with Crippen molar-refractivity contribution >= 4 is 23.6 Å². The number of carbonyl (C=O) groups excluding carboxylic acids is 2. The van der Waals surface area contributed by atoms with Crippen molar-refractivity contribution in [1.82, 2.24) is 5.32 Å². The lowest BCUT2D eigenvalue weighted by molar-refractivity contribution is -0.144. The van der Waals surface area contributed by atoms with Crippen molar-refractivity contribution in [2.45, 2.75) is 13.0 Å². The van der Waals surface area contributed by atoms with E-state index in [9.17, 15) is 9.59 Å². The molecule has 0 radical (unpaired) electrons. The molecule has 4 nitrogen and oxygen atoms in total. The molecule has 0 fully saturated rings. The SMILES string of the molecule is C=CCSCC(=O)N[C@@H](C)C(=O)OC. The van der Waals surface area contributed by atoms with Gasteiger partial charge in [0.25, 0.3) is 0 Å². The molecule has 0 rings (SSSR count). The number of amides is 1. The van der Waals surface area contributed by atoms with Gasteiger partial charge in [0.05, 0.1) is 12.9 Å². The van der Waals surface area contributed by atoms with Gasteiger partial charge in [0.1, 0.15) is 6.04 Å². The molecule has 1 atom stereocenters. The van der Waals surface area contributed by atoms with Crippen molar-refractivity contribution in [3.63, 3.8) is 0 Å². The molecule has 0 unspecified atom stereocenters. The van der Waals surface area contributed by atoms with Crippen LogP contribution in [0.1, 0.15) is 6.92 Å². The number of nitrogens with one attached hydrogen (secondary N) is 1. The molecule has 0 aromatic heterocycles. The van der Waals surface area contributed by atoms with Crippen LogP contribution in [0.5, 0.6) is 0 Å². The van der Waals surface area contributed by atoms with Crippen LogP contribution in [0.15, 0.2) is 12.7 Å². The summed E-state index contributed by atoms with van der Waals surface area (Å²) in [6.45, 7) is 5.12. The summed E-state index contributed by atoms with van der Waals surface area (Å²) >= 11 is 1.44. The van der Waals surface area contributed by atoms with Gasteiger partial charge in [0, 0.05) is 5.75 Å². The van der Waals surface area contributed by atoms with Crippen LogP contribution < -0.4 is 5.32 Å². The fourth-order valence-corrected chi connectivity index (χ4v) is 1.31. The third-order valence-corrected chi connectivity index (χ3v) is 2.34. The normalized spacial score (nSPS) is 11.6. The van der Waals surface area contributed by atoms with Crippen molar-refractivity contribution < 1.29 is 14.3 Å². The van der Waals surface area contributed by atoms with Gasteiger partial charge in [-0.15, -0.1) is 18.3 Å². The minimum absolute atomic E-state index is 0.172. The minimum Gasteiger partial charge on any atom is -0.467 e. The lowest BCUT2D eigenvalue weighted by atomic mass is 10.3. The maximum atomic E-state index is 11.2. The number of thioether (sulfide) groups is 1. The summed E-state index contributed by atoms with van der Waals surface area (Å²) in [5.41, 5.74) is 0. The number of methoxy groups -OCH3 is 1. The molecule has 0 aromatic carbocycles. The molecular weight excluding hydrogens is 202 g/mol. The monoisotopic (exact) mass is 217 g/mol. The Labute approximate surface area is 88.1 Å². The number of carbonyl (C=O) groups is 2. The molecule has 1 amide bonds. The molecule has 0 aliphatic heterocycles. The first-order valence-corrected chi connectivity index (χ1v) is 5.33. The summed E-state index contributed by atoms with van der Waals surface area (Å²) in [5, 5.41) is 2.52. The van der Waals surface area contributed by atoms with Crippen LogP contribution in [-0.2, 0) is 14.3 Å². The van der Waals surface area contributed by atoms with Gasteiger partial charge >= 0.3 is 5.97 Å². The Hall–Kier alpha value is -0.970. The van der Waals surface area contributed by atoms with Gasteiger partial charge in [-0.05, 0) is 6.92 Å². The van der Waals surface area contributed by atoms with Crippen molar-refractivity contribution in [3.05, 3.63) is 12.7 Å². The molecule has 14 heavy (non-hydrogen) atoms. The van der Waals surface area contributed by atoms with E-state index in [1.165, 1.54) is 18.9 Å². The largest absolute Gasteiger partial charge is 0.467 e. The summed E-state index contributed by atoms with van der Waals surface area (Å²) in [6.07, 6.45) is 1.72. The Morgan fingerprint density at radius 1 is 1.64 bits per heavy atom. The van der Waals surface area contributed by atoms with Crippen LogP contribution in [0.2, 0.25) is 0 Å². The fraction of sp³-hybridized carbons (Fsp3) is 0.556. The Bertz CT molecular complexity index is 218. The third kappa shape index (κ3) is 5.64. The van der Waals surface area contributed by atoms with Gasteiger partial charge in [-0.3, -0.25) is 4.79 Å². The second kappa shape index (κ2) is 7.44. The van der Waals surface area contributed by atoms with Crippen LogP contribution in [-0.4, -0.2) is 36.5 Å². The number of rotatable bonds is 6. The van der Waals surface area contributed by atoms with Gasteiger partial charge in [0.2, 0.25) is 5.91 Å². The van der Waals surface area contributed by atoms with E-state index in [4.69, 9.17) is 0 Å². The quantitative estimate of drug-likeness (QED) is 0.402. The van der Waals surface area contributed by atoms with Gasteiger partial charge in [-0.1, -0.05) is 6.08 Å². The number of esters is 1. The maximum Gasteiger partial charge on any atom is 0.328 e. The van der Waals surface area contributed by atoms with E-state index in [1.807, 2.05) is 0 Å². The zero-order valence-electron chi connectivity index (χ0n) is 8.41. The zero-order valence-corrected chi connectivity index (χ0v) is 9.23. The predicted molar refractivity (Wildman–Crippen MR) is 57.1 cm³/mol. The Kier molecular flexibility index (Phi) is 6.92. The van der Waals surface area contributed by atoms with E-state index in [0.29, 0.717) is 5.75 Å². The lowest BCUT2D eigenvalue weighted by Crippen LogP contribution is -2.40. The van der Waals surface area contributed by atoms with Crippen molar-refractivity contribution in [2.24, 2.45) is 0 Å². The molecule has 0 saturated heterocycles. The van der Waals surface area contributed by atoms with E-state index in [1.54, 1.807) is 13.0 Å². The van der Waals surface area contributed by atoms with E-state index in [-0.39, 0.29) is 5.91 Å². The molecule has 0 aliphatic carbocycles. The van der Waals surface area contributed by atoms with Crippen LogP contribution in [0.25, 0.3) is 0 Å². The van der Waals surface area contributed by atoms with E-state index in [2.05, 4.69) is 16.6 Å². The van der Waals surface area contributed by atoms with Gasteiger partial charge in [0.15, 0.2) is 0 Å². The highest BCUT2D eigenvalue weighted by Gasteiger charge is 2.14. The van der Waals surface area contributed by atoms with Gasteiger partial charge in [-0.2, -0.15) is 0 Å². The first kappa shape index (κ1) is 13.0. The van der Waals surface area contributed by atoms with E-state index in [0.717, 1.165) is 5.75 Å². The average molecular weight is 217 g/mol. The van der Waals surface area contributed by atoms with Gasteiger partial charge in [-0.25, -0.2) is 4.79 Å². The maximum absolute atomic E-state index is 11.2. The molecule has 1 N–H and O–H groups in total. The molecule has 0 saturated carbocycles. The van der Waals surface area contributed by atoms with Crippen molar-refractivity contribution in [3.8, 4) is 0 Å². The van der Waals surface area contributed by atoms with Crippen molar-refractivity contribution in [2.75, 3.05) is 18.6 Å². The summed E-state index contributed by atoms with van der Waals surface area (Å²) in [5.74, 6) is 0.440. The Morgan fingerprint density at radius 2 is 2.29 bits per heavy atom. The van der Waals surface area contributed by atoms with Crippen LogP contribution in [0.4, 0.5) is 0 Å². The first-order chi connectivity index (χ1) is 6.61. The highest BCUT2D eigenvalue weighted by atomic mass is 32.2. The molecule has 0 heterocycles. The number of ether oxygens (including phenoxy) is 1. The highest BCUT2D eigenvalue weighted by molar-refractivity contribution is 8.00. The molecule has 0 spiro atoms. The van der Waals surface area contributed by atoms with Crippen LogP contribution in [0.3, 0.4) is 0 Å². The minimum atomic E-state index is -0.586. The third-order valence-electron chi connectivity index (χ3n) is 1.40. The van der Waals surface area contributed by atoms with Gasteiger partial charge < -0.3 is 10.1 Å². The summed E-state index contributed by atoms with van der Waals surface area (Å²) in [4.78, 5) is 22.1. The average Bonchev–Trinajstić information content (AvgIpc) is 2.16. The molecule has 0 bridgehead atoms. The van der Waals surface area contributed by atoms with Crippen molar-refractivity contribution in [1.29, 1.82) is 0 Å². The smallest absolute Gasteiger partial charge is 0.328 e. The molecule has 0 aromatic rings. The second-order valence-electron chi connectivity index (χ2n) is 2.62. The fourth-order valence-electron chi connectivity index (χ4n) is 0.754. The van der Waals surface area contributed by atoms with Crippen LogP contribution >= 0.6 is 11.8 Å². The Morgan fingerprint density at radius 3 is 2.79 bits per heavy atom. The predicted octanol–water partition coefficient (Wildman–Crippen LogP) is 0.583. The standard InChI is InChI=1S/C9H15NO3S/c1-4-5-14-6-8(11)10-7(2)9(12)13-3/h4,7H,1,5-6H2,2-3H3,(H,10,11)/t7-/m0/s1. The topological polar surface area (TPSA) is 55.4 Å². The number of hydrogen-bond acceptors (Lipinski definition) is 4. The van der Waals surface area contributed by atoms with E-state index < -0.39 is 12.0 Å².